The van der Waals surface area contributed by atoms with E-state index >= 15 is 4.79 Å². The Balaban J connectivity index is 1.61. The van der Waals surface area contributed by atoms with Crippen molar-refractivity contribution in [3.63, 3.8) is 0 Å². The molecule has 2 aromatic rings. The predicted molar refractivity (Wildman–Crippen MR) is 330 cm³/mol. The van der Waals surface area contributed by atoms with Gasteiger partial charge < -0.3 is 85.9 Å². The summed E-state index contributed by atoms with van der Waals surface area (Å²) in [5.41, 5.74) is 30.2. The first-order valence-electron chi connectivity index (χ1n) is 29.9. The molecule has 0 saturated carbocycles. The van der Waals surface area contributed by atoms with Crippen molar-refractivity contribution in [1.82, 2.24) is 47.0 Å². The standard InChI is InChI=1S/C59H89N15O14S/c1-4-34(2)49(55(84)70-42(58(87)88)25-29-89-3)72-47(76)32-66-50(79)43(30-35-14-6-5-7-15-35)71-54(83)45-31-36-16-8-9-17-37(36)33-74(45)57(86)41(21-23-46(62)75)69-52(81)40(22-24-48(77)78)67-51(80)39(19-10-11-26-60)68-53(82)44-20-13-28-73(44)56(85)38(61)18-12-27-65-59(63)64/h5-9,14-17,34,38-45,49H,4,10-13,18-33,60-61H2,1-3H3,(H2,62,75)(H,66,79)(H,67,80)(H,68,82)(H,69,81)(H,70,84)(H,71,83)(H,72,76)(H,77,78)(H,87,88)(H4,63,64,65)/t34-,38-,39-,40-,41-,42-,43-,44-,45-,49-/m0/s1. The first kappa shape index (κ1) is 73.1. The van der Waals surface area contributed by atoms with Crippen LogP contribution < -0.4 is 65.9 Å². The number of aliphatic imine (C=N–C) groups is 1. The number of carboxylic acids is 2. The Morgan fingerprint density at radius 2 is 1.28 bits per heavy atom. The Hall–Kier alpha value is -8.38. The summed E-state index contributed by atoms with van der Waals surface area (Å²) in [5.74, 6) is -10.8. The van der Waals surface area contributed by atoms with Crippen LogP contribution in [0, 0.1) is 5.92 Å². The highest BCUT2D eigenvalue weighted by Crippen LogP contribution is 2.26. The zero-order chi connectivity index (χ0) is 65.7. The van der Waals surface area contributed by atoms with Crippen LogP contribution in [0.3, 0.4) is 0 Å². The minimum atomic E-state index is -1.67. The normalized spacial score (nSPS) is 17.0. The number of carboxylic acid groups (broad SMARTS) is 2. The molecule has 2 aliphatic heterocycles. The van der Waals surface area contributed by atoms with Crippen LogP contribution >= 0.6 is 11.8 Å². The third kappa shape index (κ3) is 23.9. The Kier molecular flexibility index (Phi) is 30.8. The smallest absolute Gasteiger partial charge is 0.326 e. The summed E-state index contributed by atoms with van der Waals surface area (Å²) < 4.78 is 0. The minimum absolute atomic E-state index is 0.00538. The molecule has 89 heavy (non-hydrogen) atoms. The van der Waals surface area contributed by atoms with Gasteiger partial charge in [-0.2, -0.15) is 11.8 Å². The Labute approximate surface area is 521 Å². The largest absolute Gasteiger partial charge is 0.481 e. The van der Waals surface area contributed by atoms with Crippen molar-refractivity contribution in [2.45, 2.75) is 171 Å². The number of thioether (sulfide) groups is 1. The summed E-state index contributed by atoms with van der Waals surface area (Å²) in [7, 11) is 0. The molecule has 1 fully saturated rings. The number of guanidine groups is 1. The molecule has 0 aliphatic carbocycles. The van der Waals surface area contributed by atoms with Gasteiger partial charge in [0.2, 0.25) is 59.1 Å². The molecule has 2 heterocycles. The molecular formula is C59H89N15O14S. The molecule has 0 spiro atoms. The summed E-state index contributed by atoms with van der Waals surface area (Å²) in [6, 6.07) is 3.67. The molecule has 19 N–H and O–H groups in total. The molecule has 490 valence electrons. The number of nitrogens with zero attached hydrogens (tertiary/aromatic N) is 3. The van der Waals surface area contributed by atoms with Crippen molar-refractivity contribution in [1.29, 1.82) is 0 Å². The van der Waals surface area contributed by atoms with Crippen LogP contribution in [0.2, 0.25) is 0 Å². The van der Waals surface area contributed by atoms with Crippen LogP contribution in [0.1, 0.15) is 114 Å². The fraction of sp³-hybridized carbons (Fsp3) is 0.576. The molecule has 0 radical (unpaired) electrons. The van der Waals surface area contributed by atoms with Gasteiger partial charge in [-0.15, -0.1) is 0 Å². The van der Waals surface area contributed by atoms with E-state index in [-0.39, 0.29) is 70.7 Å². The van der Waals surface area contributed by atoms with Gasteiger partial charge in [-0.1, -0.05) is 74.9 Å². The maximum atomic E-state index is 15.1. The number of benzene rings is 2. The predicted octanol–water partition coefficient (Wildman–Crippen LogP) is -2.28. The number of fused-ring (bicyclic) bond motifs is 1. The maximum absolute atomic E-state index is 15.1. The lowest BCUT2D eigenvalue weighted by molar-refractivity contribution is -0.146. The monoisotopic (exact) mass is 1260 g/mol. The fourth-order valence-electron chi connectivity index (χ4n) is 10.3. The molecule has 2 aromatic carbocycles. The zero-order valence-corrected chi connectivity index (χ0v) is 51.6. The van der Waals surface area contributed by atoms with E-state index in [4.69, 9.17) is 28.7 Å². The van der Waals surface area contributed by atoms with E-state index in [0.29, 0.717) is 54.5 Å². The van der Waals surface area contributed by atoms with E-state index < -0.39 is 164 Å². The van der Waals surface area contributed by atoms with Crippen LogP contribution in [0.25, 0.3) is 0 Å². The number of amides is 10. The number of primary amides is 1. The number of nitrogens with one attached hydrogen (secondary N) is 7. The number of nitrogens with two attached hydrogens (primary N) is 5. The second-order valence-corrected chi connectivity index (χ2v) is 23.2. The first-order valence-corrected chi connectivity index (χ1v) is 31.3. The van der Waals surface area contributed by atoms with Crippen LogP contribution in [0.15, 0.2) is 59.6 Å². The summed E-state index contributed by atoms with van der Waals surface area (Å²) in [5, 5.41) is 37.8. The first-order chi connectivity index (χ1) is 42.4. The highest BCUT2D eigenvalue weighted by Gasteiger charge is 2.42. The summed E-state index contributed by atoms with van der Waals surface area (Å²) in [4.78, 5) is 170. The Morgan fingerprint density at radius 1 is 0.663 bits per heavy atom. The van der Waals surface area contributed by atoms with E-state index in [1.165, 1.54) is 16.7 Å². The third-order valence-electron chi connectivity index (χ3n) is 15.5. The lowest BCUT2D eigenvalue weighted by Crippen LogP contribution is -2.62. The number of hydrogen-bond acceptors (Lipinski definition) is 16. The fourth-order valence-corrected chi connectivity index (χ4v) is 10.8. The summed E-state index contributed by atoms with van der Waals surface area (Å²) in [6.45, 7) is 3.26. The van der Waals surface area contributed by atoms with Gasteiger partial charge in [0.25, 0.3) is 0 Å². The topological polar surface area (TPSA) is 478 Å². The van der Waals surface area contributed by atoms with Crippen molar-refractivity contribution in [2.24, 2.45) is 39.6 Å². The van der Waals surface area contributed by atoms with Crippen molar-refractivity contribution in [3.05, 3.63) is 71.3 Å². The van der Waals surface area contributed by atoms with Crippen molar-refractivity contribution < 1.29 is 67.7 Å². The van der Waals surface area contributed by atoms with Gasteiger partial charge in [0.15, 0.2) is 5.96 Å². The van der Waals surface area contributed by atoms with Crippen LogP contribution in [0.4, 0.5) is 0 Å². The van der Waals surface area contributed by atoms with Gasteiger partial charge in [0, 0.05) is 45.3 Å². The van der Waals surface area contributed by atoms with Crippen molar-refractivity contribution in [3.8, 4) is 0 Å². The van der Waals surface area contributed by atoms with Crippen molar-refractivity contribution in [2.75, 3.05) is 38.2 Å². The Morgan fingerprint density at radius 3 is 1.91 bits per heavy atom. The van der Waals surface area contributed by atoms with E-state index in [2.05, 4.69) is 42.2 Å². The molecule has 1 saturated heterocycles. The number of carbonyl (C=O) groups is 12. The Bertz CT molecular complexity index is 2810. The van der Waals surface area contributed by atoms with Gasteiger partial charge in [0.05, 0.1) is 12.6 Å². The van der Waals surface area contributed by atoms with E-state index in [9.17, 15) is 63.0 Å². The number of likely N-dealkylation sites (tertiary alicyclic amines) is 1. The van der Waals surface area contributed by atoms with E-state index in [1.54, 1.807) is 74.7 Å². The molecule has 0 unspecified atom stereocenters. The third-order valence-corrected chi connectivity index (χ3v) is 16.1. The molecule has 2 aliphatic rings. The number of rotatable bonds is 38. The van der Waals surface area contributed by atoms with Crippen LogP contribution in [0.5, 0.6) is 0 Å². The number of carbonyl (C=O) groups excluding carboxylic acids is 10. The van der Waals surface area contributed by atoms with Gasteiger partial charge in [0.1, 0.15) is 48.3 Å². The molecule has 10 amide bonds. The molecule has 0 aromatic heterocycles. The lowest BCUT2D eigenvalue weighted by Gasteiger charge is -2.38. The molecule has 30 heteroatoms. The molecule has 10 atom stereocenters. The van der Waals surface area contributed by atoms with E-state index in [1.807, 2.05) is 0 Å². The van der Waals surface area contributed by atoms with Crippen LogP contribution in [-0.2, 0) is 76.9 Å². The summed E-state index contributed by atoms with van der Waals surface area (Å²) >= 11 is 1.40. The average Bonchev–Trinajstić information content (AvgIpc) is 4.27. The number of unbranched alkanes of at least 4 members (excludes halogenated alkanes) is 1. The average molecular weight is 1260 g/mol. The van der Waals surface area contributed by atoms with Gasteiger partial charge in [-0.05, 0) is 105 Å². The van der Waals surface area contributed by atoms with Crippen LogP contribution in [-0.4, -0.2) is 190 Å². The highest BCUT2D eigenvalue weighted by atomic mass is 32.2. The maximum Gasteiger partial charge on any atom is 0.326 e. The molecule has 29 nitrogen and oxygen atoms in total. The van der Waals surface area contributed by atoms with Gasteiger partial charge in [-0.25, -0.2) is 4.79 Å². The van der Waals surface area contributed by atoms with E-state index in [0.717, 1.165) is 4.90 Å². The second-order valence-electron chi connectivity index (χ2n) is 22.2. The quantitative estimate of drug-likeness (QED) is 0.0191. The van der Waals surface area contributed by atoms with Gasteiger partial charge in [-0.3, -0.25) is 57.7 Å². The SMILES string of the molecule is CC[C@H](C)[C@H](NC(=O)CNC(=O)[C@H](Cc1ccccc1)NC(=O)[C@@H]1Cc2ccccc2CN1C(=O)[C@H](CCC(N)=O)NC(=O)[C@H](CCC(=O)O)NC(=O)[C@H](CCCCN)NC(=O)[C@@H]1CCCN1C(=O)[C@@H](N)CCCN=C(N)N)C(=O)N[C@@H](CCSC)C(=O)O. The van der Waals surface area contributed by atoms with Crippen molar-refractivity contribution >= 4 is 88.7 Å². The second kappa shape index (κ2) is 37.5. The minimum Gasteiger partial charge on any atom is -0.481 e. The zero-order valence-electron chi connectivity index (χ0n) is 50.7. The summed E-state index contributed by atoms with van der Waals surface area (Å²) in [6.07, 6.45) is 2.09. The molecule has 4 rings (SSSR count). The lowest BCUT2D eigenvalue weighted by atomic mass is 9.92. The molecular weight excluding hydrogens is 1170 g/mol. The number of aliphatic carboxylic acids is 2. The molecule has 0 bridgehead atoms. The van der Waals surface area contributed by atoms with Gasteiger partial charge >= 0.3 is 11.9 Å². The number of hydrogen-bond donors (Lipinski definition) is 14. The highest BCUT2D eigenvalue weighted by molar-refractivity contribution is 7.98.